The lowest BCUT2D eigenvalue weighted by Gasteiger charge is -2.31. The Hall–Kier alpha value is -5.86. The maximum absolute atomic E-state index is 4.64. The third-order valence-corrected chi connectivity index (χ3v) is 9.38. The van der Waals surface area contributed by atoms with Gasteiger partial charge in [0.2, 0.25) is 0 Å². The van der Waals surface area contributed by atoms with E-state index in [1.165, 1.54) is 57.0 Å². The SMILES string of the molecule is C1=CCCC=C1.C=C/C(=C\C)c1cccc2c(N3/C=C\c4ccccc4C(=C)c4c3ccc3c4C=CCC3)cccc12.CC.CC.CNc1ccccc1. The van der Waals surface area contributed by atoms with E-state index < -0.39 is 0 Å². The molecule has 5 aromatic carbocycles. The molecule has 2 aliphatic carbocycles. The normalized spacial score (nSPS) is 13.9. The van der Waals surface area contributed by atoms with Gasteiger partial charge in [-0.1, -0.05) is 168 Å². The summed E-state index contributed by atoms with van der Waals surface area (Å²) in [4.78, 5) is 2.34. The summed E-state index contributed by atoms with van der Waals surface area (Å²) in [6.07, 6.45) is 26.2. The molecular formula is C52H58N2. The molecule has 5 aromatic rings. The molecule has 1 N–H and O–H groups in total. The van der Waals surface area contributed by atoms with E-state index in [2.05, 4.69) is 158 Å². The van der Waals surface area contributed by atoms with E-state index in [0.29, 0.717) is 0 Å². The van der Waals surface area contributed by atoms with Crippen LogP contribution in [0.3, 0.4) is 0 Å². The van der Waals surface area contributed by atoms with Gasteiger partial charge in [0.1, 0.15) is 0 Å². The van der Waals surface area contributed by atoms with Gasteiger partial charge in [0, 0.05) is 29.9 Å². The summed E-state index contributed by atoms with van der Waals surface area (Å²) in [7, 11) is 1.91. The molecule has 0 spiro atoms. The lowest BCUT2D eigenvalue weighted by Crippen LogP contribution is -2.15. The minimum atomic E-state index is 1.06. The molecule has 54 heavy (non-hydrogen) atoms. The van der Waals surface area contributed by atoms with Gasteiger partial charge in [-0.2, -0.15) is 0 Å². The van der Waals surface area contributed by atoms with Gasteiger partial charge in [-0.15, -0.1) is 0 Å². The van der Waals surface area contributed by atoms with Crippen molar-refractivity contribution in [3.8, 4) is 0 Å². The van der Waals surface area contributed by atoms with E-state index >= 15 is 0 Å². The van der Waals surface area contributed by atoms with Crippen molar-refractivity contribution in [2.45, 2.75) is 60.3 Å². The Kier molecular flexibility index (Phi) is 16.4. The topological polar surface area (TPSA) is 15.3 Å². The Labute approximate surface area is 326 Å². The van der Waals surface area contributed by atoms with Crippen molar-refractivity contribution in [2.24, 2.45) is 0 Å². The first-order valence-corrected chi connectivity index (χ1v) is 19.6. The van der Waals surface area contributed by atoms with Crippen LogP contribution in [0.5, 0.6) is 0 Å². The van der Waals surface area contributed by atoms with Gasteiger partial charge in [0.25, 0.3) is 0 Å². The summed E-state index contributed by atoms with van der Waals surface area (Å²) in [5.41, 5.74) is 13.1. The number of rotatable bonds is 4. The molecule has 0 fully saturated rings. The Balaban J connectivity index is 0.000000298. The summed E-state index contributed by atoms with van der Waals surface area (Å²) < 4.78 is 0. The highest BCUT2D eigenvalue weighted by Crippen LogP contribution is 2.45. The quantitative estimate of drug-likeness (QED) is 0.187. The summed E-state index contributed by atoms with van der Waals surface area (Å²) in [5, 5.41) is 5.45. The number of fused-ring (bicyclic) bond motifs is 5. The van der Waals surface area contributed by atoms with Gasteiger partial charge >= 0.3 is 0 Å². The van der Waals surface area contributed by atoms with Crippen LogP contribution < -0.4 is 10.2 Å². The third-order valence-electron chi connectivity index (χ3n) is 9.38. The number of nitrogens with zero attached hydrogens (tertiary/aromatic N) is 1. The van der Waals surface area contributed by atoms with Gasteiger partial charge in [0.15, 0.2) is 0 Å². The number of hydrogen-bond donors (Lipinski definition) is 1. The third kappa shape index (κ3) is 9.76. The van der Waals surface area contributed by atoms with E-state index in [0.717, 1.165) is 41.1 Å². The number of para-hydroxylation sites is 1. The molecule has 0 unspecified atom stereocenters. The molecule has 0 atom stereocenters. The Bertz CT molecular complexity index is 2130. The first-order valence-electron chi connectivity index (χ1n) is 19.6. The number of nitrogens with one attached hydrogen (secondary N) is 1. The molecule has 0 saturated heterocycles. The molecule has 0 bridgehead atoms. The second-order valence-electron chi connectivity index (χ2n) is 12.4. The number of anilines is 3. The highest BCUT2D eigenvalue weighted by Gasteiger charge is 2.24. The van der Waals surface area contributed by atoms with Crippen molar-refractivity contribution in [1.29, 1.82) is 0 Å². The van der Waals surface area contributed by atoms with Crippen LogP contribution >= 0.6 is 0 Å². The molecule has 1 aliphatic heterocycles. The predicted molar refractivity (Wildman–Crippen MR) is 244 cm³/mol. The van der Waals surface area contributed by atoms with E-state index in [4.69, 9.17) is 0 Å². The number of hydrogen-bond acceptors (Lipinski definition) is 2. The van der Waals surface area contributed by atoms with Crippen LogP contribution in [-0.2, 0) is 6.42 Å². The van der Waals surface area contributed by atoms with E-state index in [1.807, 2.05) is 71.2 Å². The molecule has 0 amide bonds. The second kappa shape index (κ2) is 21.6. The molecule has 276 valence electrons. The zero-order valence-corrected chi connectivity index (χ0v) is 33.3. The van der Waals surface area contributed by atoms with Crippen molar-refractivity contribution in [1.82, 2.24) is 0 Å². The minimum absolute atomic E-state index is 1.06. The van der Waals surface area contributed by atoms with Gasteiger partial charge in [-0.05, 0) is 107 Å². The van der Waals surface area contributed by atoms with Crippen molar-refractivity contribution in [2.75, 3.05) is 17.3 Å². The summed E-state index contributed by atoms with van der Waals surface area (Å²) >= 11 is 0. The van der Waals surface area contributed by atoms with Crippen LogP contribution in [-0.4, -0.2) is 7.05 Å². The smallest absolute Gasteiger partial charge is 0.0540 e. The molecule has 0 saturated carbocycles. The van der Waals surface area contributed by atoms with Crippen LogP contribution in [0.15, 0.2) is 165 Å². The fraction of sp³-hybridized carbons (Fsp3) is 0.192. The highest BCUT2D eigenvalue weighted by atomic mass is 15.1. The van der Waals surface area contributed by atoms with Gasteiger partial charge < -0.3 is 10.2 Å². The molecule has 8 rings (SSSR count). The van der Waals surface area contributed by atoms with Gasteiger partial charge in [-0.3, -0.25) is 0 Å². The van der Waals surface area contributed by atoms with Crippen molar-refractivity contribution in [3.63, 3.8) is 0 Å². The fourth-order valence-electron chi connectivity index (χ4n) is 6.80. The van der Waals surface area contributed by atoms with Gasteiger partial charge in [-0.25, -0.2) is 0 Å². The molecule has 2 heteroatoms. The van der Waals surface area contributed by atoms with Crippen molar-refractivity contribution >= 4 is 51.1 Å². The number of aryl methyl sites for hydroxylation is 1. The Morgan fingerprint density at radius 3 is 2.02 bits per heavy atom. The predicted octanol–water partition coefficient (Wildman–Crippen LogP) is 15.2. The number of benzene rings is 5. The summed E-state index contributed by atoms with van der Waals surface area (Å²) in [6, 6.07) is 36.3. The van der Waals surface area contributed by atoms with Crippen molar-refractivity contribution in [3.05, 3.63) is 198 Å². The zero-order chi connectivity index (χ0) is 38.7. The van der Waals surface area contributed by atoms with E-state index in [1.54, 1.807) is 0 Å². The Morgan fingerprint density at radius 1 is 0.685 bits per heavy atom. The van der Waals surface area contributed by atoms with Crippen LogP contribution in [0.25, 0.3) is 34.1 Å². The first-order chi connectivity index (χ1) is 26.6. The molecule has 0 aromatic heterocycles. The fourth-order valence-corrected chi connectivity index (χ4v) is 6.80. The van der Waals surface area contributed by atoms with E-state index in [9.17, 15) is 0 Å². The lowest BCUT2D eigenvalue weighted by molar-refractivity contribution is 0.983. The maximum Gasteiger partial charge on any atom is 0.0540 e. The van der Waals surface area contributed by atoms with Crippen molar-refractivity contribution < 1.29 is 0 Å². The average molecular weight is 711 g/mol. The zero-order valence-electron chi connectivity index (χ0n) is 33.3. The van der Waals surface area contributed by atoms with Crippen LogP contribution in [0.4, 0.5) is 17.1 Å². The van der Waals surface area contributed by atoms with Crippen LogP contribution in [0, 0.1) is 0 Å². The first kappa shape index (κ1) is 40.9. The van der Waals surface area contributed by atoms with Crippen LogP contribution in [0.1, 0.15) is 87.3 Å². The largest absolute Gasteiger partial charge is 0.388 e. The molecule has 1 heterocycles. The standard InChI is InChI=1S/C35H29N.C7H9N.C6H8.2C2H6/c1-4-25(5-2)29-16-10-18-32-31(29)17-11-19-33(32)36-23-22-27-13-6-8-14-28(27)24(3)35-30-15-9-7-12-26(30)20-21-34(35)36;1-8-7-5-3-2-4-6-7;1-2-4-6-5-3-1;2*1-2/h4-6,8-11,13-23H,1,3,7,12H2,2H3;2-6,8H,1H3;1-4H,5-6H2;2*1-2H3/b23-22-,25-5+;;;;. The molecule has 2 nitrogen and oxygen atoms in total. The van der Waals surface area contributed by atoms with E-state index in [-0.39, 0.29) is 0 Å². The summed E-state index contributed by atoms with van der Waals surface area (Å²) in [5.74, 6) is 0. The number of allylic oxidation sites excluding steroid dienone is 8. The summed E-state index contributed by atoms with van der Waals surface area (Å²) in [6.45, 7) is 18.8. The van der Waals surface area contributed by atoms with Gasteiger partial charge in [0.05, 0.1) is 11.4 Å². The molecular weight excluding hydrogens is 653 g/mol. The maximum atomic E-state index is 4.64. The minimum Gasteiger partial charge on any atom is -0.388 e. The highest BCUT2D eigenvalue weighted by molar-refractivity contribution is 6.05. The molecule has 0 radical (unpaired) electrons. The Morgan fingerprint density at radius 2 is 1.37 bits per heavy atom. The average Bonchev–Trinajstić information content (AvgIpc) is 3.26. The molecule has 3 aliphatic rings. The monoisotopic (exact) mass is 710 g/mol. The van der Waals surface area contributed by atoms with Crippen LogP contribution in [0.2, 0.25) is 0 Å². The lowest BCUT2D eigenvalue weighted by atomic mass is 9.84. The second-order valence-corrected chi connectivity index (χ2v) is 12.4.